The Kier molecular flexibility index (Phi) is 5.21. The maximum Gasteiger partial charge on any atom is 0.407 e. The molecule has 0 aromatic heterocycles. The van der Waals surface area contributed by atoms with Gasteiger partial charge in [-0.25, -0.2) is 9.59 Å². The fraction of sp³-hybridized carbons (Fsp3) is 0.500. The normalized spacial score (nSPS) is 24.6. The first-order valence-electron chi connectivity index (χ1n) is 8.55. The largest absolute Gasteiger partial charge is 0.480 e. The summed E-state index contributed by atoms with van der Waals surface area (Å²) in [7, 11) is 0. The fourth-order valence-corrected chi connectivity index (χ4v) is 3.88. The van der Waals surface area contributed by atoms with Gasteiger partial charge in [-0.05, 0) is 30.7 Å². The number of ether oxygens (including phenoxy) is 1. The predicted molar refractivity (Wildman–Crippen MR) is 88.6 cm³/mol. The van der Waals surface area contributed by atoms with E-state index >= 15 is 0 Å². The smallest absolute Gasteiger partial charge is 0.407 e. The van der Waals surface area contributed by atoms with E-state index in [1.807, 2.05) is 30.3 Å². The van der Waals surface area contributed by atoms with E-state index in [4.69, 9.17) is 4.74 Å². The monoisotopic (exact) mass is 346 g/mol. The molecule has 25 heavy (non-hydrogen) atoms. The van der Waals surface area contributed by atoms with E-state index in [1.54, 1.807) is 0 Å². The molecule has 2 aliphatic rings. The van der Waals surface area contributed by atoms with Crippen molar-refractivity contribution in [2.75, 3.05) is 6.54 Å². The highest BCUT2D eigenvalue weighted by Crippen LogP contribution is 2.41. The van der Waals surface area contributed by atoms with Gasteiger partial charge in [0.2, 0.25) is 5.91 Å². The number of likely N-dealkylation sites (tertiary alicyclic amines) is 1. The Morgan fingerprint density at radius 2 is 1.96 bits per heavy atom. The van der Waals surface area contributed by atoms with Crippen molar-refractivity contribution in [2.24, 2.45) is 5.92 Å². The van der Waals surface area contributed by atoms with E-state index in [0.717, 1.165) is 24.8 Å². The van der Waals surface area contributed by atoms with Gasteiger partial charge in [-0.2, -0.15) is 0 Å². The highest BCUT2D eigenvalue weighted by molar-refractivity contribution is 5.87. The molecule has 0 spiro atoms. The van der Waals surface area contributed by atoms with Crippen LogP contribution in [0.15, 0.2) is 30.3 Å². The minimum absolute atomic E-state index is 0.0178. The van der Waals surface area contributed by atoms with Crippen molar-refractivity contribution in [3.8, 4) is 0 Å². The lowest BCUT2D eigenvalue weighted by Gasteiger charge is -2.27. The Balaban J connectivity index is 1.51. The number of carbonyl (C=O) groups is 3. The van der Waals surface area contributed by atoms with Crippen LogP contribution in [0.1, 0.15) is 31.2 Å². The van der Waals surface area contributed by atoms with Gasteiger partial charge in [-0.1, -0.05) is 36.8 Å². The van der Waals surface area contributed by atoms with Gasteiger partial charge in [0.05, 0.1) is 0 Å². The highest BCUT2D eigenvalue weighted by atomic mass is 16.5. The molecule has 1 aromatic carbocycles. The number of fused-ring (bicyclic) bond motifs is 1. The van der Waals surface area contributed by atoms with E-state index in [1.165, 1.54) is 4.90 Å². The second-order valence-electron chi connectivity index (χ2n) is 6.56. The first-order valence-corrected chi connectivity index (χ1v) is 8.55. The molecule has 1 saturated heterocycles. The lowest BCUT2D eigenvalue weighted by molar-refractivity contribution is -0.149. The first-order chi connectivity index (χ1) is 12.1. The number of benzene rings is 1. The molecule has 0 radical (unpaired) electrons. The second kappa shape index (κ2) is 7.55. The van der Waals surface area contributed by atoms with Gasteiger partial charge in [0.15, 0.2) is 0 Å². The van der Waals surface area contributed by atoms with Gasteiger partial charge >= 0.3 is 12.1 Å². The van der Waals surface area contributed by atoms with Crippen LogP contribution in [0.25, 0.3) is 0 Å². The number of hydrogen-bond donors (Lipinski definition) is 2. The Hall–Kier alpha value is -2.57. The van der Waals surface area contributed by atoms with Gasteiger partial charge in [-0.15, -0.1) is 0 Å². The summed E-state index contributed by atoms with van der Waals surface area (Å²) in [6, 6.07) is 8.42. The third-order valence-corrected chi connectivity index (χ3v) is 5.01. The third kappa shape index (κ3) is 3.92. The summed E-state index contributed by atoms with van der Waals surface area (Å²) in [5.74, 6) is -1.08. The fourth-order valence-electron chi connectivity index (χ4n) is 3.88. The highest BCUT2D eigenvalue weighted by Gasteiger charge is 2.48. The number of rotatable bonds is 5. The summed E-state index contributed by atoms with van der Waals surface area (Å²) < 4.78 is 5.06. The molecular formula is C18H22N2O5. The van der Waals surface area contributed by atoms with Crippen LogP contribution in [0.3, 0.4) is 0 Å². The molecule has 134 valence electrons. The number of amides is 2. The van der Waals surface area contributed by atoms with Crippen LogP contribution in [0.4, 0.5) is 4.79 Å². The molecule has 7 nitrogen and oxygen atoms in total. The van der Waals surface area contributed by atoms with E-state index in [9.17, 15) is 19.5 Å². The van der Waals surface area contributed by atoms with Crippen LogP contribution in [0.5, 0.6) is 0 Å². The molecule has 2 N–H and O–H groups in total. The molecule has 3 atom stereocenters. The van der Waals surface area contributed by atoms with E-state index < -0.39 is 18.1 Å². The standard InChI is InChI=1S/C18H22N2O5/c21-16(10-19-18(24)25-11-12-5-2-1-3-6-12)20-14-8-4-7-13(14)9-15(20)17(22)23/h1-3,5-6,13-15H,4,7-11H2,(H,19,24)(H,22,23)/t13-,14-,15-/m0/s1. The summed E-state index contributed by atoms with van der Waals surface area (Å²) in [6.45, 7) is -0.131. The van der Waals surface area contributed by atoms with Crippen LogP contribution in [0.2, 0.25) is 0 Å². The molecule has 1 aliphatic carbocycles. The molecule has 1 saturated carbocycles. The summed E-state index contributed by atoms with van der Waals surface area (Å²) >= 11 is 0. The number of alkyl carbamates (subject to hydrolysis) is 1. The van der Waals surface area contributed by atoms with Crippen molar-refractivity contribution in [2.45, 2.75) is 44.4 Å². The van der Waals surface area contributed by atoms with Crippen molar-refractivity contribution < 1.29 is 24.2 Å². The number of nitrogens with one attached hydrogen (secondary N) is 1. The van der Waals surface area contributed by atoms with Crippen molar-refractivity contribution in [1.29, 1.82) is 0 Å². The first kappa shape index (κ1) is 17.3. The van der Waals surface area contributed by atoms with Gasteiger partial charge in [-0.3, -0.25) is 4.79 Å². The van der Waals surface area contributed by atoms with Crippen LogP contribution in [-0.2, 0) is 20.9 Å². The minimum atomic E-state index is -0.977. The molecule has 1 heterocycles. The van der Waals surface area contributed by atoms with Crippen molar-refractivity contribution in [3.63, 3.8) is 0 Å². The zero-order chi connectivity index (χ0) is 17.8. The SMILES string of the molecule is O=C(NCC(=O)N1[C@H](C(=O)O)C[C@@H]2CCC[C@@H]21)OCc1ccccc1. The summed E-state index contributed by atoms with van der Waals surface area (Å²) in [4.78, 5) is 37.1. The van der Waals surface area contributed by atoms with E-state index in [0.29, 0.717) is 6.42 Å². The maximum atomic E-state index is 12.5. The Morgan fingerprint density at radius 1 is 1.20 bits per heavy atom. The number of carboxylic acid groups (broad SMARTS) is 1. The molecule has 1 aromatic rings. The molecule has 2 fully saturated rings. The molecule has 7 heteroatoms. The number of carboxylic acids is 1. The molecule has 0 bridgehead atoms. The van der Waals surface area contributed by atoms with Crippen LogP contribution < -0.4 is 5.32 Å². The Morgan fingerprint density at radius 3 is 2.68 bits per heavy atom. The van der Waals surface area contributed by atoms with Crippen LogP contribution >= 0.6 is 0 Å². The van der Waals surface area contributed by atoms with Gasteiger partial charge in [0.25, 0.3) is 0 Å². The molecule has 3 rings (SSSR count). The molecular weight excluding hydrogens is 324 g/mol. The van der Waals surface area contributed by atoms with Crippen molar-refractivity contribution >= 4 is 18.0 Å². The minimum Gasteiger partial charge on any atom is -0.480 e. The number of hydrogen-bond acceptors (Lipinski definition) is 4. The van der Waals surface area contributed by atoms with Crippen LogP contribution in [-0.4, -0.2) is 46.6 Å². The zero-order valence-electron chi connectivity index (χ0n) is 13.9. The predicted octanol–water partition coefficient (Wildman–Crippen LogP) is 1.77. The number of carbonyl (C=O) groups excluding carboxylic acids is 2. The van der Waals surface area contributed by atoms with E-state index in [2.05, 4.69) is 5.32 Å². The second-order valence-corrected chi connectivity index (χ2v) is 6.56. The Labute approximate surface area is 146 Å². The summed E-state index contributed by atoms with van der Waals surface area (Å²) in [5.41, 5.74) is 0.850. The lowest BCUT2D eigenvalue weighted by atomic mass is 10.0. The molecule has 1 aliphatic heterocycles. The molecule has 0 unspecified atom stereocenters. The Bertz CT molecular complexity index is 648. The van der Waals surface area contributed by atoms with Crippen LogP contribution in [0, 0.1) is 5.92 Å². The van der Waals surface area contributed by atoms with Gasteiger partial charge in [0, 0.05) is 6.04 Å². The average molecular weight is 346 g/mol. The lowest BCUT2D eigenvalue weighted by Crippen LogP contribution is -2.49. The maximum absolute atomic E-state index is 12.5. The zero-order valence-corrected chi connectivity index (χ0v) is 13.9. The summed E-state index contributed by atoms with van der Waals surface area (Å²) in [6.07, 6.45) is 2.62. The number of nitrogens with zero attached hydrogens (tertiary/aromatic N) is 1. The van der Waals surface area contributed by atoms with Gasteiger partial charge in [0.1, 0.15) is 19.2 Å². The molecule has 2 amide bonds. The summed E-state index contributed by atoms with van der Waals surface area (Å²) in [5, 5.41) is 11.8. The van der Waals surface area contributed by atoms with Gasteiger partial charge < -0.3 is 20.1 Å². The third-order valence-electron chi connectivity index (χ3n) is 5.01. The van der Waals surface area contributed by atoms with Crippen molar-refractivity contribution in [1.82, 2.24) is 10.2 Å². The average Bonchev–Trinajstić information content (AvgIpc) is 3.19. The topological polar surface area (TPSA) is 95.9 Å². The quantitative estimate of drug-likeness (QED) is 0.847. The van der Waals surface area contributed by atoms with E-state index in [-0.39, 0.29) is 31.0 Å². The van der Waals surface area contributed by atoms with Crippen molar-refractivity contribution in [3.05, 3.63) is 35.9 Å². The number of aliphatic carboxylic acids is 1.